The molecule has 2 aromatic rings. The third kappa shape index (κ3) is 4.09. The highest BCUT2D eigenvalue weighted by Crippen LogP contribution is 2.19. The van der Waals surface area contributed by atoms with Crippen molar-refractivity contribution in [2.24, 2.45) is 0 Å². The van der Waals surface area contributed by atoms with Crippen LogP contribution >= 0.6 is 0 Å². The van der Waals surface area contributed by atoms with Gasteiger partial charge in [0, 0.05) is 24.1 Å². The van der Waals surface area contributed by atoms with Crippen molar-refractivity contribution in [1.82, 2.24) is 4.98 Å². The summed E-state index contributed by atoms with van der Waals surface area (Å²) in [6, 6.07) is 13.2. The lowest BCUT2D eigenvalue weighted by molar-refractivity contribution is 0.795. The number of hydrogen-bond donors (Lipinski definition) is 1. The molecule has 0 spiro atoms. The summed E-state index contributed by atoms with van der Waals surface area (Å²) in [5.74, 6) is 0. The highest BCUT2D eigenvalue weighted by atomic mass is 14.9. The SMILES string of the molecule is CCCCc1ccc(NC(C)c2ccncc2)cc1. The van der Waals surface area contributed by atoms with Gasteiger partial charge in [0.25, 0.3) is 0 Å². The van der Waals surface area contributed by atoms with Crippen molar-refractivity contribution in [3.63, 3.8) is 0 Å². The molecule has 0 aliphatic rings. The Balaban J connectivity index is 1.96. The average Bonchev–Trinajstić information content (AvgIpc) is 2.47. The van der Waals surface area contributed by atoms with Gasteiger partial charge < -0.3 is 5.32 Å². The molecule has 2 nitrogen and oxygen atoms in total. The number of unbranched alkanes of at least 4 members (excludes halogenated alkanes) is 1. The first kappa shape index (κ1) is 13.6. The maximum atomic E-state index is 4.05. The Morgan fingerprint density at radius 2 is 1.74 bits per heavy atom. The van der Waals surface area contributed by atoms with E-state index in [9.17, 15) is 0 Å². The zero-order chi connectivity index (χ0) is 13.5. The second-order valence-electron chi connectivity index (χ2n) is 4.95. The van der Waals surface area contributed by atoms with Gasteiger partial charge in [0.15, 0.2) is 0 Å². The number of pyridine rings is 1. The van der Waals surface area contributed by atoms with E-state index in [2.05, 4.69) is 48.4 Å². The van der Waals surface area contributed by atoms with E-state index >= 15 is 0 Å². The summed E-state index contributed by atoms with van der Waals surface area (Å²) >= 11 is 0. The molecule has 1 aromatic carbocycles. The fraction of sp³-hybridized carbons (Fsp3) is 0.353. The summed E-state index contributed by atoms with van der Waals surface area (Å²) in [4.78, 5) is 4.05. The Hall–Kier alpha value is -1.83. The molecule has 1 unspecified atom stereocenters. The van der Waals surface area contributed by atoms with Crippen LogP contribution in [-0.2, 0) is 6.42 Å². The highest BCUT2D eigenvalue weighted by Gasteiger charge is 2.04. The molecule has 19 heavy (non-hydrogen) atoms. The van der Waals surface area contributed by atoms with Crippen LogP contribution in [-0.4, -0.2) is 4.98 Å². The molecule has 1 N–H and O–H groups in total. The summed E-state index contributed by atoms with van der Waals surface area (Å²) < 4.78 is 0. The predicted octanol–water partition coefficient (Wildman–Crippen LogP) is 4.60. The number of rotatable bonds is 6. The van der Waals surface area contributed by atoms with Crippen molar-refractivity contribution >= 4 is 5.69 Å². The lowest BCUT2D eigenvalue weighted by Crippen LogP contribution is -2.06. The maximum absolute atomic E-state index is 4.05. The third-order valence-electron chi connectivity index (χ3n) is 3.36. The number of benzene rings is 1. The lowest BCUT2D eigenvalue weighted by Gasteiger charge is -2.15. The summed E-state index contributed by atoms with van der Waals surface area (Å²) in [7, 11) is 0. The van der Waals surface area contributed by atoms with E-state index in [-0.39, 0.29) is 0 Å². The minimum absolute atomic E-state index is 0.296. The van der Waals surface area contributed by atoms with Crippen LogP contribution in [0.25, 0.3) is 0 Å². The van der Waals surface area contributed by atoms with Gasteiger partial charge in [-0.1, -0.05) is 25.5 Å². The van der Waals surface area contributed by atoms with E-state index in [1.54, 1.807) is 0 Å². The van der Waals surface area contributed by atoms with Gasteiger partial charge >= 0.3 is 0 Å². The standard InChI is InChI=1S/C17H22N2/c1-3-4-5-15-6-8-17(9-7-15)19-14(2)16-10-12-18-13-11-16/h6-14,19H,3-5H2,1-2H3. The first-order valence-corrected chi connectivity index (χ1v) is 7.05. The molecule has 2 rings (SSSR count). The number of aromatic nitrogens is 1. The zero-order valence-corrected chi connectivity index (χ0v) is 11.8. The molecule has 0 saturated heterocycles. The van der Waals surface area contributed by atoms with Crippen molar-refractivity contribution < 1.29 is 0 Å². The van der Waals surface area contributed by atoms with E-state index in [1.165, 1.54) is 36.1 Å². The quantitative estimate of drug-likeness (QED) is 0.815. The molecule has 1 aromatic heterocycles. The van der Waals surface area contributed by atoms with Gasteiger partial charge in [0.1, 0.15) is 0 Å². The number of nitrogens with zero attached hydrogens (tertiary/aromatic N) is 1. The molecule has 0 fully saturated rings. The average molecular weight is 254 g/mol. The molecule has 100 valence electrons. The van der Waals surface area contributed by atoms with E-state index in [0.717, 1.165) is 0 Å². The van der Waals surface area contributed by atoms with Crippen LogP contribution in [0.1, 0.15) is 43.9 Å². The van der Waals surface area contributed by atoms with Gasteiger partial charge in [-0.25, -0.2) is 0 Å². The number of nitrogens with one attached hydrogen (secondary N) is 1. The zero-order valence-electron chi connectivity index (χ0n) is 11.8. The fourth-order valence-electron chi connectivity index (χ4n) is 2.13. The Morgan fingerprint density at radius 3 is 2.37 bits per heavy atom. The molecule has 2 heteroatoms. The number of aryl methyl sites for hydroxylation is 1. The van der Waals surface area contributed by atoms with Crippen molar-refractivity contribution in [3.05, 3.63) is 59.9 Å². The van der Waals surface area contributed by atoms with Crippen molar-refractivity contribution in [2.75, 3.05) is 5.32 Å². The van der Waals surface area contributed by atoms with Crippen molar-refractivity contribution in [1.29, 1.82) is 0 Å². The van der Waals surface area contributed by atoms with Gasteiger partial charge in [0.2, 0.25) is 0 Å². The van der Waals surface area contributed by atoms with Gasteiger partial charge in [-0.05, 0) is 55.2 Å². The Kier molecular flexibility index (Phi) is 4.96. The van der Waals surface area contributed by atoms with Gasteiger partial charge in [0.05, 0.1) is 0 Å². The first-order valence-electron chi connectivity index (χ1n) is 7.05. The van der Waals surface area contributed by atoms with Crippen LogP contribution in [0.4, 0.5) is 5.69 Å². The Morgan fingerprint density at radius 1 is 1.05 bits per heavy atom. The molecular formula is C17H22N2. The predicted molar refractivity (Wildman–Crippen MR) is 81.3 cm³/mol. The number of anilines is 1. The van der Waals surface area contributed by atoms with Crippen LogP contribution in [0, 0.1) is 0 Å². The molecule has 1 heterocycles. The first-order chi connectivity index (χ1) is 9.29. The molecule has 0 saturated carbocycles. The van der Waals surface area contributed by atoms with Crippen LogP contribution in [0.15, 0.2) is 48.8 Å². The third-order valence-corrected chi connectivity index (χ3v) is 3.36. The molecule has 0 amide bonds. The van der Waals surface area contributed by atoms with Crippen LogP contribution in [0.3, 0.4) is 0 Å². The molecule has 1 atom stereocenters. The molecule has 0 aliphatic carbocycles. The summed E-state index contributed by atoms with van der Waals surface area (Å²) in [6.07, 6.45) is 7.36. The largest absolute Gasteiger partial charge is 0.379 e. The summed E-state index contributed by atoms with van der Waals surface area (Å²) in [6.45, 7) is 4.40. The van der Waals surface area contributed by atoms with Gasteiger partial charge in [-0.15, -0.1) is 0 Å². The van der Waals surface area contributed by atoms with Crippen LogP contribution < -0.4 is 5.32 Å². The second kappa shape index (κ2) is 6.93. The Labute approximate surface area is 115 Å². The number of hydrogen-bond acceptors (Lipinski definition) is 2. The topological polar surface area (TPSA) is 24.9 Å². The van der Waals surface area contributed by atoms with E-state index in [4.69, 9.17) is 0 Å². The summed E-state index contributed by atoms with van der Waals surface area (Å²) in [5.41, 5.74) is 3.85. The van der Waals surface area contributed by atoms with Crippen LogP contribution in [0.2, 0.25) is 0 Å². The molecule has 0 bridgehead atoms. The lowest BCUT2D eigenvalue weighted by atomic mass is 10.1. The van der Waals surface area contributed by atoms with Crippen molar-refractivity contribution in [2.45, 2.75) is 39.2 Å². The van der Waals surface area contributed by atoms with Crippen molar-refractivity contribution in [3.8, 4) is 0 Å². The van der Waals surface area contributed by atoms with Crippen LogP contribution in [0.5, 0.6) is 0 Å². The highest BCUT2D eigenvalue weighted by molar-refractivity contribution is 5.46. The normalized spacial score (nSPS) is 12.1. The monoisotopic (exact) mass is 254 g/mol. The fourth-order valence-corrected chi connectivity index (χ4v) is 2.13. The maximum Gasteiger partial charge on any atom is 0.0486 e. The minimum atomic E-state index is 0.296. The van der Waals surface area contributed by atoms with E-state index in [1.807, 2.05) is 24.5 Å². The van der Waals surface area contributed by atoms with Gasteiger partial charge in [-0.2, -0.15) is 0 Å². The van der Waals surface area contributed by atoms with E-state index in [0.29, 0.717) is 6.04 Å². The minimum Gasteiger partial charge on any atom is -0.379 e. The van der Waals surface area contributed by atoms with Gasteiger partial charge in [-0.3, -0.25) is 4.98 Å². The molecular weight excluding hydrogens is 232 g/mol. The smallest absolute Gasteiger partial charge is 0.0486 e. The Bertz CT molecular complexity index is 476. The molecule has 0 aliphatic heterocycles. The molecule has 0 radical (unpaired) electrons. The summed E-state index contributed by atoms with van der Waals surface area (Å²) in [5, 5.41) is 3.51. The second-order valence-corrected chi connectivity index (χ2v) is 4.95. The van der Waals surface area contributed by atoms with E-state index < -0.39 is 0 Å².